The standard InChI is InChI=1S/C20H16BrF3N4O3/c1-11-7-13(5-6-15(11)21)26-17-9-16(27-19(28-17)25-10-18(29)30)12-3-2-4-14(8-12)31-20(22,23)24/h2-9H,10H2,1H3,(H,29,30)(H2,25,26,27,28). The molecule has 162 valence electrons. The number of aliphatic carboxylic acids is 1. The van der Waals surface area contributed by atoms with E-state index in [0.717, 1.165) is 10.0 Å². The zero-order valence-electron chi connectivity index (χ0n) is 16.0. The Kier molecular flexibility index (Phi) is 6.64. The minimum absolute atomic E-state index is 0.00150. The molecule has 0 aliphatic rings. The number of hydrogen-bond acceptors (Lipinski definition) is 6. The summed E-state index contributed by atoms with van der Waals surface area (Å²) in [5.41, 5.74) is 2.29. The van der Waals surface area contributed by atoms with Crippen LogP contribution in [-0.2, 0) is 4.79 Å². The number of alkyl halides is 3. The first kappa shape index (κ1) is 22.3. The van der Waals surface area contributed by atoms with Crippen LogP contribution < -0.4 is 15.4 Å². The monoisotopic (exact) mass is 496 g/mol. The van der Waals surface area contributed by atoms with Gasteiger partial charge in [-0.3, -0.25) is 4.79 Å². The van der Waals surface area contributed by atoms with Crippen LogP contribution in [0.25, 0.3) is 11.3 Å². The lowest BCUT2D eigenvalue weighted by molar-refractivity contribution is -0.274. The molecule has 0 fully saturated rings. The minimum atomic E-state index is -4.83. The molecule has 0 radical (unpaired) electrons. The van der Waals surface area contributed by atoms with Crippen LogP contribution in [0, 0.1) is 6.92 Å². The normalized spacial score (nSPS) is 11.1. The topological polar surface area (TPSA) is 96.4 Å². The maximum atomic E-state index is 12.6. The Balaban J connectivity index is 1.98. The lowest BCUT2D eigenvalue weighted by atomic mass is 10.1. The number of hydrogen-bond donors (Lipinski definition) is 3. The summed E-state index contributed by atoms with van der Waals surface area (Å²) >= 11 is 3.42. The van der Waals surface area contributed by atoms with E-state index in [9.17, 15) is 18.0 Å². The van der Waals surface area contributed by atoms with Crippen LogP contribution >= 0.6 is 15.9 Å². The van der Waals surface area contributed by atoms with Gasteiger partial charge in [-0.05, 0) is 42.8 Å². The number of carbonyl (C=O) groups is 1. The zero-order chi connectivity index (χ0) is 22.6. The fourth-order valence-corrected chi connectivity index (χ4v) is 2.86. The summed E-state index contributed by atoms with van der Waals surface area (Å²) < 4.78 is 42.6. The highest BCUT2D eigenvalue weighted by Gasteiger charge is 2.31. The van der Waals surface area contributed by atoms with Gasteiger partial charge in [0, 0.05) is 21.8 Å². The number of carboxylic acids is 1. The molecule has 0 saturated heterocycles. The number of nitrogens with one attached hydrogen (secondary N) is 2. The second-order valence-electron chi connectivity index (χ2n) is 6.37. The van der Waals surface area contributed by atoms with Crippen LogP contribution in [0.1, 0.15) is 5.56 Å². The molecule has 11 heteroatoms. The van der Waals surface area contributed by atoms with Crippen molar-refractivity contribution in [2.45, 2.75) is 13.3 Å². The molecule has 0 atom stereocenters. The third-order valence-corrected chi connectivity index (χ3v) is 4.81. The van der Waals surface area contributed by atoms with Gasteiger partial charge in [0.25, 0.3) is 0 Å². The van der Waals surface area contributed by atoms with Gasteiger partial charge in [0.15, 0.2) is 0 Å². The molecule has 0 bridgehead atoms. The van der Waals surface area contributed by atoms with Gasteiger partial charge in [-0.2, -0.15) is 4.98 Å². The van der Waals surface area contributed by atoms with Crippen molar-refractivity contribution in [3.8, 4) is 17.0 Å². The second kappa shape index (κ2) is 9.21. The van der Waals surface area contributed by atoms with Gasteiger partial charge in [-0.1, -0.05) is 28.1 Å². The predicted molar refractivity (Wildman–Crippen MR) is 112 cm³/mol. The highest BCUT2D eigenvalue weighted by Crippen LogP contribution is 2.30. The fraction of sp³-hybridized carbons (Fsp3) is 0.150. The van der Waals surface area contributed by atoms with Crippen molar-refractivity contribution in [3.05, 3.63) is 58.6 Å². The first-order chi connectivity index (χ1) is 14.6. The first-order valence-corrected chi connectivity index (χ1v) is 9.62. The van der Waals surface area contributed by atoms with E-state index in [-0.39, 0.29) is 11.6 Å². The molecule has 0 spiro atoms. The van der Waals surface area contributed by atoms with Crippen LogP contribution in [0.2, 0.25) is 0 Å². The van der Waals surface area contributed by atoms with Gasteiger partial charge < -0.3 is 20.5 Å². The zero-order valence-corrected chi connectivity index (χ0v) is 17.6. The molecule has 1 heterocycles. The first-order valence-electron chi connectivity index (χ1n) is 8.83. The molecule has 7 nitrogen and oxygen atoms in total. The van der Waals surface area contributed by atoms with Crippen molar-refractivity contribution in [1.29, 1.82) is 0 Å². The summed E-state index contributed by atoms with van der Waals surface area (Å²) in [5.74, 6) is -1.20. The molecule has 2 aromatic carbocycles. The number of carboxylic acid groups (broad SMARTS) is 1. The van der Waals surface area contributed by atoms with Crippen LogP contribution in [-0.4, -0.2) is 34.0 Å². The molecule has 0 aliphatic heterocycles. The molecular formula is C20H16BrF3N4O3. The Morgan fingerprint density at radius 3 is 2.61 bits per heavy atom. The van der Waals surface area contributed by atoms with Gasteiger partial charge in [-0.25, -0.2) is 4.98 Å². The van der Waals surface area contributed by atoms with Gasteiger partial charge in [0.1, 0.15) is 18.1 Å². The number of rotatable bonds is 7. The number of ether oxygens (including phenoxy) is 1. The molecule has 0 saturated carbocycles. The summed E-state index contributed by atoms with van der Waals surface area (Å²) in [7, 11) is 0. The van der Waals surface area contributed by atoms with Crippen LogP contribution in [0.5, 0.6) is 5.75 Å². The second-order valence-corrected chi connectivity index (χ2v) is 7.23. The van der Waals surface area contributed by atoms with Crippen molar-refractivity contribution in [1.82, 2.24) is 9.97 Å². The van der Waals surface area contributed by atoms with Crippen molar-refractivity contribution >= 4 is 39.4 Å². The summed E-state index contributed by atoms with van der Waals surface area (Å²) in [6, 6.07) is 12.4. The average Bonchev–Trinajstić information content (AvgIpc) is 2.68. The fourth-order valence-electron chi connectivity index (χ4n) is 2.62. The third kappa shape index (κ3) is 6.57. The molecule has 3 rings (SSSR count). The van der Waals surface area contributed by atoms with E-state index in [2.05, 4.69) is 41.3 Å². The lowest BCUT2D eigenvalue weighted by Crippen LogP contribution is -2.17. The van der Waals surface area contributed by atoms with Gasteiger partial charge in [0.2, 0.25) is 5.95 Å². The van der Waals surface area contributed by atoms with Gasteiger partial charge in [-0.15, -0.1) is 13.2 Å². The number of aryl methyl sites for hydroxylation is 1. The number of halogens is 4. The maximum absolute atomic E-state index is 12.6. The highest BCUT2D eigenvalue weighted by atomic mass is 79.9. The van der Waals surface area contributed by atoms with E-state index >= 15 is 0 Å². The summed E-state index contributed by atoms with van der Waals surface area (Å²) in [6.07, 6.45) is -4.83. The van der Waals surface area contributed by atoms with Crippen molar-refractivity contribution < 1.29 is 27.8 Å². The molecule has 3 aromatic rings. The molecule has 0 unspecified atom stereocenters. The maximum Gasteiger partial charge on any atom is 0.573 e. The van der Waals surface area contributed by atoms with Crippen LogP contribution in [0.3, 0.4) is 0 Å². The van der Waals surface area contributed by atoms with E-state index < -0.39 is 24.6 Å². The van der Waals surface area contributed by atoms with E-state index in [1.165, 1.54) is 24.3 Å². The summed E-state index contributed by atoms with van der Waals surface area (Å²) in [6.45, 7) is 1.48. The number of aromatic nitrogens is 2. The Morgan fingerprint density at radius 2 is 1.94 bits per heavy atom. The van der Waals surface area contributed by atoms with Crippen molar-refractivity contribution in [2.24, 2.45) is 0 Å². The Morgan fingerprint density at radius 1 is 1.16 bits per heavy atom. The van der Waals surface area contributed by atoms with Gasteiger partial charge in [0.05, 0.1) is 5.69 Å². The number of nitrogens with zero attached hydrogens (tertiary/aromatic N) is 2. The average molecular weight is 497 g/mol. The third-order valence-electron chi connectivity index (χ3n) is 3.92. The highest BCUT2D eigenvalue weighted by molar-refractivity contribution is 9.10. The smallest absolute Gasteiger partial charge is 0.480 e. The minimum Gasteiger partial charge on any atom is -0.480 e. The molecular weight excluding hydrogens is 481 g/mol. The Bertz CT molecular complexity index is 1110. The van der Waals surface area contributed by atoms with Crippen LogP contribution in [0.15, 0.2) is 53.0 Å². The summed E-state index contributed by atoms with van der Waals surface area (Å²) in [5, 5.41) is 14.6. The predicted octanol–water partition coefficient (Wildman–Crippen LogP) is 5.35. The Labute approximate surface area is 183 Å². The number of anilines is 3. The molecule has 0 aliphatic carbocycles. The summed E-state index contributed by atoms with van der Waals surface area (Å²) in [4.78, 5) is 19.3. The molecule has 1 aromatic heterocycles. The molecule has 3 N–H and O–H groups in total. The SMILES string of the molecule is Cc1cc(Nc2cc(-c3cccc(OC(F)(F)F)c3)nc(NCC(=O)O)n2)ccc1Br. The number of benzene rings is 2. The van der Waals surface area contributed by atoms with E-state index in [1.807, 2.05) is 19.1 Å². The van der Waals surface area contributed by atoms with E-state index in [0.29, 0.717) is 17.1 Å². The van der Waals surface area contributed by atoms with Crippen molar-refractivity contribution in [3.63, 3.8) is 0 Å². The quantitative estimate of drug-likeness (QED) is 0.405. The lowest BCUT2D eigenvalue weighted by Gasteiger charge is -2.13. The van der Waals surface area contributed by atoms with Crippen LogP contribution in [0.4, 0.5) is 30.6 Å². The molecule has 0 amide bonds. The Hall–Kier alpha value is -3.34. The largest absolute Gasteiger partial charge is 0.573 e. The van der Waals surface area contributed by atoms with Crippen molar-refractivity contribution in [2.75, 3.05) is 17.2 Å². The van der Waals surface area contributed by atoms with E-state index in [1.54, 1.807) is 12.1 Å². The van der Waals surface area contributed by atoms with E-state index in [4.69, 9.17) is 5.11 Å². The molecule has 31 heavy (non-hydrogen) atoms. The van der Waals surface area contributed by atoms with Gasteiger partial charge >= 0.3 is 12.3 Å².